The summed E-state index contributed by atoms with van der Waals surface area (Å²) in [7, 11) is 0. The Kier molecular flexibility index (Phi) is 7.84. The first kappa shape index (κ1) is 21.4. The van der Waals surface area contributed by atoms with Crippen LogP contribution in [0.1, 0.15) is 32.3 Å². The summed E-state index contributed by atoms with van der Waals surface area (Å²) in [6.45, 7) is 8.35. The van der Waals surface area contributed by atoms with Crippen molar-refractivity contribution < 1.29 is 0 Å². The molecule has 0 bridgehead atoms. The summed E-state index contributed by atoms with van der Waals surface area (Å²) in [5, 5.41) is 17.1. The lowest BCUT2D eigenvalue weighted by molar-refractivity contribution is 0.949. The maximum atomic E-state index is 4.33. The normalized spacial score (nSPS) is 13.6. The fraction of sp³-hybridized carbons (Fsp3) is 0.280. The molecule has 1 aliphatic rings. The van der Waals surface area contributed by atoms with Crippen LogP contribution in [0, 0.1) is 6.92 Å². The molecule has 5 nitrogen and oxygen atoms in total. The van der Waals surface area contributed by atoms with E-state index in [4.69, 9.17) is 0 Å². The van der Waals surface area contributed by atoms with Crippen LogP contribution in [0.4, 0.5) is 28.4 Å². The van der Waals surface area contributed by atoms with Gasteiger partial charge in [-0.3, -0.25) is 0 Å². The van der Waals surface area contributed by atoms with Gasteiger partial charge in [0.15, 0.2) is 0 Å². The molecule has 1 aliphatic heterocycles. The summed E-state index contributed by atoms with van der Waals surface area (Å²) in [6.07, 6.45) is 2.56. The third-order valence-corrected chi connectivity index (χ3v) is 4.77. The zero-order valence-corrected chi connectivity index (χ0v) is 18.0. The average Bonchev–Trinajstić information content (AvgIpc) is 3.35. The molecule has 0 aliphatic carbocycles. The molecular formula is C25H29N5. The molecule has 154 valence electrons. The standard InChI is InChI=1S/C23H23N5.C2H6/c1-18-4-6-19(7-5-18)24-25-20-8-10-21(11-9-20)26-27-22-12-14-23(15-13-22)28-16-2-3-17-28;1-2/h4-15H,2-3,16-17H2,1H3;1-2H3. The van der Waals surface area contributed by atoms with Gasteiger partial charge in [0.1, 0.15) is 0 Å². The summed E-state index contributed by atoms with van der Waals surface area (Å²) in [5.41, 5.74) is 5.74. The van der Waals surface area contributed by atoms with Crippen molar-refractivity contribution in [2.24, 2.45) is 20.5 Å². The molecule has 1 fully saturated rings. The van der Waals surface area contributed by atoms with Gasteiger partial charge in [-0.1, -0.05) is 31.5 Å². The van der Waals surface area contributed by atoms with E-state index in [0.29, 0.717) is 0 Å². The molecule has 0 saturated carbocycles. The molecule has 0 radical (unpaired) electrons. The van der Waals surface area contributed by atoms with E-state index >= 15 is 0 Å². The monoisotopic (exact) mass is 399 g/mol. The van der Waals surface area contributed by atoms with Gasteiger partial charge in [-0.2, -0.15) is 20.5 Å². The Morgan fingerprint density at radius 3 is 1.27 bits per heavy atom. The number of hydrogen-bond donors (Lipinski definition) is 0. The molecule has 3 aromatic rings. The Bertz CT molecular complexity index is 952. The SMILES string of the molecule is CC.Cc1ccc(N=Nc2ccc(N=Nc3ccc(N4CCCC4)cc3)cc2)cc1. The smallest absolute Gasteiger partial charge is 0.0858 e. The lowest BCUT2D eigenvalue weighted by Crippen LogP contribution is -2.17. The fourth-order valence-corrected chi connectivity index (χ4v) is 3.13. The molecule has 3 aromatic carbocycles. The highest BCUT2D eigenvalue weighted by molar-refractivity contribution is 5.53. The second-order valence-corrected chi connectivity index (χ2v) is 6.96. The molecule has 1 saturated heterocycles. The maximum absolute atomic E-state index is 4.33. The van der Waals surface area contributed by atoms with Crippen LogP contribution in [0.2, 0.25) is 0 Å². The molecule has 4 rings (SSSR count). The second kappa shape index (κ2) is 11.0. The second-order valence-electron chi connectivity index (χ2n) is 6.96. The van der Waals surface area contributed by atoms with E-state index in [1.807, 2.05) is 74.5 Å². The molecule has 0 aromatic heterocycles. The van der Waals surface area contributed by atoms with Crippen molar-refractivity contribution in [1.29, 1.82) is 0 Å². The van der Waals surface area contributed by atoms with Crippen LogP contribution >= 0.6 is 0 Å². The molecule has 0 N–H and O–H groups in total. The van der Waals surface area contributed by atoms with Crippen molar-refractivity contribution in [3.05, 3.63) is 78.4 Å². The first-order valence-electron chi connectivity index (χ1n) is 10.6. The van der Waals surface area contributed by atoms with Gasteiger partial charge in [0.2, 0.25) is 0 Å². The van der Waals surface area contributed by atoms with Crippen molar-refractivity contribution >= 4 is 28.4 Å². The van der Waals surface area contributed by atoms with Crippen LogP contribution in [-0.2, 0) is 0 Å². The first-order chi connectivity index (χ1) is 14.8. The van der Waals surface area contributed by atoms with Gasteiger partial charge in [0.05, 0.1) is 22.7 Å². The van der Waals surface area contributed by atoms with Crippen molar-refractivity contribution in [1.82, 2.24) is 0 Å². The number of hydrogen-bond acceptors (Lipinski definition) is 5. The predicted molar refractivity (Wildman–Crippen MR) is 125 cm³/mol. The van der Waals surface area contributed by atoms with Crippen molar-refractivity contribution in [3.8, 4) is 0 Å². The van der Waals surface area contributed by atoms with E-state index in [1.165, 1.54) is 24.1 Å². The van der Waals surface area contributed by atoms with E-state index in [2.05, 4.69) is 44.4 Å². The Morgan fingerprint density at radius 1 is 0.533 bits per heavy atom. The molecular weight excluding hydrogens is 370 g/mol. The Hall–Kier alpha value is -3.34. The van der Waals surface area contributed by atoms with E-state index < -0.39 is 0 Å². The molecule has 0 spiro atoms. The Balaban J connectivity index is 0.00000124. The lowest BCUT2D eigenvalue weighted by atomic mass is 10.2. The van der Waals surface area contributed by atoms with Gasteiger partial charge in [-0.05, 0) is 80.4 Å². The number of azo groups is 2. The van der Waals surface area contributed by atoms with Gasteiger partial charge in [0, 0.05) is 18.8 Å². The number of rotatable bonds is 5. The zero-order chi connectivity index (χ0) is 21.2. The van der Waals surface area contributed by atoms with Crippen LogP contribution in [0.3, 0.4) is 0 Å². The maximum Gasteiger partial charge on any atom is 0.0858 e. The minimum Gasteiger partial charge on any atom is -0.372 e. The third kappa shape index (κ3) is 6.08. The highest BCUT2D eigenvalue weighted by Gasteiger charge is 2.11. The Morgan fingerprint density at radius 2 is 0.867 bits per heavy atom. The van der Waals surface area contributed by atoms with Crippen molar-refractivity contribution in [2.75, 3.05) is 18.0 Å². The molecule has 1 heterocycles. The summed E-state index contributed by atoms with van der Waals surface area (Å²) >= 11 is 0. The molecule has 0 atom stereocenters. The molecule has 30 heavy (non-hydrogen) atoms. The zero-order valence-electron chi connectivity index (χ0n) is 18.0. The van der Waals surface area contributed by atoms with Gasteiger partial charge in [-0.25, -0.2) is 0 Å². The molecule has 5 heteroatoms. The largest absolute Gasteiger partial charge is 0.372 e. The first-order valence-corrected chi connectivity index (χ1v) is 10.6. The highest BCUT2D eigenvalue weighted by Crippen LogP contribution is 2.26. The van der Waals surface area contributed by atoms with Crippen LogP contribution < -0.4 is 4.90 Å². The lowest BCUT2D eigenvalue weighted by Gasteiger charge is -2.17. The quantitative estimate of drug-likeness (QED) is 0.397. The summed E-state index contributed by atoms with van der Waals surface area (Å²) in [5.74, 6) is 0. The average molecular weight is 400 g/mol. The van der Waals surface area contributed by atoms with Gasteiger partial charge >= 0.3 is 0 Å². The third-order valence-electron chi connectivity index (χ3n) is 4.77. The van der Waals surface area contributed by atoms with E-state index in [-0.39, 0.29) is 0 Å². The number of nitrogens with zero attached hydrogens (tertiary/aromatic N) is 5. The Labute approximate surface area is 179 Å². The van der Waals surface area contributed by atoms with Gasteiger partial charge in [0.25, 0.3) is 0 Å². The predicted octanol–water partition coefficient (Wildman–Crippen LogP) is 8.45. The molecule has 0 unspecified atom stereocenters. The summed E-state index contributed by atoms with van der Waals surface area (Å²) in [6, 6.07) is 23.8. The molecule has 0 amide bonds. The van der Waals surface area contributed by atoms with Gasteiger partial charge < -0.3 is 4.90 Å². The summed E-state index contributed by atoms with van der Waals surface area (Å²) in [4.78, 5) is 2.41. The van der Waals surface area contributed by atoms with Crippen LogP contribution in [0.15, 0.2) is 93.3 Å². The van der Waals surface area contributed by atoms with E-state index in [9.17, 15) is 0 Å². The number of anilines is 1. The summed E-state index contributed by atoms with van der Waals surface area (Å²) < 4.78 is 0. The topological polar surface area (TPSA) is 52.7 Å². The van der Waals surface area contributed by atoms with Crippen molar-refractivity contribution in [2.45, 2.75) is 33.6 Å². The fourth-order valence-electron chi connectivity index (χ4n) is 3.13. The van der Waals surface area contributed by atoms with Crippen LogP contribution in [0.25, 0.3) is 0 Å². The van der Waals surface area contributed by atoms with E-state index in [1.54, 1.807) is 0 Å². The van der Waals surface area contributed by atoms with Crippen LogP contribution in [-0.4, -0.2) is 13.1 Å². The van der Waals surface area contributed by atoms with Crippen LogP contribution in [0.5, 0.6) is 0 Å². The van der Waals surface area contributed by atoms with Gasteiger partial charge in [-0.15, -0.1) is 0 Å². The minimum absolute atomic E-state index is 0.787. The minimum atomic E-state index is 0.787. The number of aryl methyl sites for hydroxylation is 1. The highest BCUT2D eigenvalue weighted by atomic mass is 15.1. The van der Waals surface area contributed by atoms with Crippen molar-refractivity contribution in [3.63, 3.8) is 0 Å². The van der Waals surface area contributed by atoms with E-state index in [0.717, 1.165) is 35.8 Å². The number of benzene rings is 3.